The SMILES string of the molecule is C[C@H](NC(=O)Nc1cc(C(F)(F)F)ccc1Cl)c1ccncc1. The van der Waals surface area contributed by atoms with Crippen LogP contribution >= 0.6 is 11.6 Å². The number of benzene rings is 1. The van der Waals surface area contributed by atoms with E-state index in [2.05, 4.69) is 15.6 Å². The molecule has 4 nitrogen and oxygen atoms in total. The van der Waals surface area contributed by atoms with Crippen LogP contribution in [0.4, 0.5) is 23.7 Å². The Morgan fingerprint density at radius 3 is 2.48 bits per heavy atom. The second kappa shape index (κ2) is 6.87. The van der Waals surface area contributed by atoms with Gasteiger partial charge in [0.25, 0.3) is 0 Å². The number of urea groups is 1. The van der Waals surface area contributed by atoms with Gasteiger partial charge in [-0.15, -0.1) is 0 Å². The molecule has 23 heavy (non-hydrogen) atoms. The summed E-state index contributed by atoms with van der Waals surface area (Å²) < 4.78 is 38.1. The smallest absolute Gasteiger partial charge is 0.331 e. The Kier molecular flexibility index (Phi) is 5.10. The van der Waals surface area contributed by atoms with Gasteiger partial charge < -0.3 is 10.6 Å². The first-order chi connectivity index (χ1) is 10.8. The summed E-state index contributed by atoms with van der Waals surface area (Å²) in [6, 6.07) is 5.18. The van der Waals surface area contributed by atoms with Crippen molar-refractivity contribution in [2.75, 3.05) is 5.32 Å². The van der Waals surface area contributed by atoms with Crippen LogP contribution in [0.5, 0.6) is 0 Å². The molecule has 0 saturated heterocycles. The highest BCUT2D eigenvalue weighted by Crippen LogP contribution is 2.33. The molecule has 0 bridgehead atoms. The van der Waals surface area contributed by atoms with Gasteiger partial charge >= 0.3 is 12.2 Å². The molecule has 1 heterocycles. The van der Waals surface area contributed by atoms with Gasteiger partial charge in [0.1, 0.15) is 0 Å². The summed E-state index contributed by atoms with van der Waals surface area (Å²) in [6.45, 7) is 1.74. The first kappa shape index (κ1) is 17.1. The number of nitrogens with zero attached hydrogens (tertiary/aromatic N) is 1. The van der Waals surface area contributed by atoms with Crippen molar-refractivity contribution in [1.29, 1.82) is 0 Å². The Hall–Kier alpha value is -2.28. The van der Waals surface area contributed by atoms with Gasteiger partial charge in [0.15, 0.2) is 0 Å². The lowest BCUT2D eigenvalue weighted by Gasteiger charge is -2.16. The molecule has 0 aliphatic heterocycles. The van der Waals surface area contributed by atoms with Crippen LogP contribution in [0.15, 0.2) is 42.7 Å². The van der Waals surface area contributed by atoms with Crippen molar-refractivity contribution < 1.29 is 18.0 Å². The summed E-state index contributed by atoms with van der Waals surface area (Å²) in [4.78, 5) is 15.8. The van der Waals surface area contributed by atoms with Crippen molar-refractivity contribution >= 4 is 23.3 Å². The number of anilines is 1. The molecule has 0 saturated carbocycles. The first-order valence-corrected chi connectivity index (χ1v) is 6.99. The second-order valence-corrected chi connectivity index (χ2v) is 5.20. The molecule has 0 unspecified atom stereocenters. The molecule has 0 spiro atoms. The van der Waals surface area contributed by atoms with Crippen molar-refractivity contribution in [1.82, 2.24) is 10.3 Å². The summed E-state index contributed by atoms with van der Waals surface area (Å²) in [5.74, 6) is 0. The summed E-state index contributed by atoms with van der Waals surface area (Å²) in [6.07, 6.45) is -1.36. The minimum absolute atomic E-state index is 0.0183. The van der Waals surface area contributed by atoms with E-state index in [1.807, 2.05) is 0 Å². The van der Waals surface area contributed by atoms with Crippen molar-refractivity contribution in [3.05, 3.63) is 58.9 Å². The number of pyridine rings is 1. The average molecular weight is 344 g/mol. The number of halogens is 4. The highest BCUT2D eigenvalue weighted by atomic mass is 35.5. The molecule has 1 aromatic carbocycles. The predicted molar refractivity (Wildman–Crippen MR) is 81.3 cm³/mol. The van der Waals surface area contributed by atoms with Crippen LogP contribution in [0.3, 0.4) is 0 Å². The lowest BCUT2D eigenvalue weighted by Crippen LogP contribution is -2.31. The van der Waals surface area contributed by atoms with Gasteiger partial charge in [-0.1, -0.05) is 11.6 Å². The zero-order chi connectivity index (χ0) is 17.0. The summed E-state index contributed by atoms with van der Waals surface area (Å²) in [5, 5.41) is 4.96. The standard InChI is InChI=1S/C15H13ClF3N3O/c1-9(10-4-6-20-7-5-10)21-14(23)22-13-8-11(15(17,18)19)2-3-12(13)16/h2-9H,1H3,(H2,21,22,23)/t9-/m0/s1. The molecule has 1 aromatic heterocycles. The fourth-order valence-electron chi connectivity index (χ4n) is 1.89. The Morgan fingerprint density at radius 2 is 1.87 bits per heavy atom. The molecule has 2 N–H and O–H groups in total. The molecular weight excluding hydrogens is 331 g/mol. The van der Waals surface area contributed by atoms with E-state index < -0.39 is 17.8 Å². The summed E-state index contributed by atoms with van der Waals surface area (Å²) in [5.41, 5.74) is -0.189. The molecule has 0 fully saturated rings. The maximum atomic E-state index is 12.7. The van der Waals surface area contributed by atoms with Gasteiger partial charge in [0, 0.05) is 12.4 Å². The summed E-state index contributed by atoms with van der Waals surface area (Å²) in [7, 11) is 0. The fraction of sp³-hybridized carbons (Fsp3) is 0.200. The number of nitrogens with one attached hydrogen (secondary N) is 2. The van der Waals surface area contributed by atoms with Crippen molar-refractivity contribution in [2.24, 2.45) is 0 Å². The van der Waals surface area contributed by atoms with Gasteiger partial charge in [0.2, 0.25) is 0 Å². The van der Waals surface area contributed by atoms with E-state index in [4.69, 9.17) is 11.6 Å². The van der Waals surface area contributed by atoms with Crippen LogP contribution in [0.1, 0.15) is 24.1 Å². The number of alkyl halides is 3. The molecule has 2 amide bonds. The van der Waals surface area contributed by atoms with Gasteiger partial charge in [-0.3, -0.25) is 4.98 Å². The third-order valence-corrected chi connectivity index (χ3v) is 3.43. The van der Waals surface area contributed by atoms with E-state index in [1.165, 1.54) is 0 Å². The van der Waals surface area contributed by atoms with Crippen molar-refractivity contribution in [3.8, 4) is 0 Å². The topological polar surface area (TPSA) is 54.0 Å². The molecular formula is C15H13ClF3N3O. The largest absolute Gasteiger partial charge is 0.416 e. The van der Waals surface area contributed by atoms with Crippen LogP contribution in [0.2, 0.25) is 5.02 Å². The third-order valence-electron chi connectivity index (χ3n) is 3.10. The zero-order valence-corrected chi connectivity index (χ0v) is 12.7. The highest BCUT2D eigenvalue weighted by Gasteiger charge is 2.31. The van der Waals surface area contributed by atoms with E-state index in [1.54, 1.807) is 31.5 Å². The van der Waals surface area contributed by atoms with Crippen LogP contribution in [0, 0.1) is 0 Å². The molecule has 8 heteroatoms. The lowest BCUT2D eigenvalue weighted by atomic mass is 10.1. The zero-order valence-electron chi connectivity index (χ0n) is 12.0. The van der Waals surface area contributed by atoms with E-state index >= 15 is 0 Å². The number of carbonyl (C=O) groups excluding carboxylic acids is 1. The molecule has 0 aliphatic rings. The number of carbonyl (C=O) groups is 1. The fourth-order valence-corrected chi connectivity index (χ4v) is 2.05. The molecule has 1 atom stereocenters. The van der Waals surface area contributed by atoms with E-state index in [0.717, 1.165) is 23.8 Å². The Labute approximate surface area is 135 Å². The number of rotatable bonds is 3. The van der Waals surface area contributed by atoms with Crippen LogP contribution in [-0.4, -0.2) is 11.0 Å². The third kappa shape index (κ3) is 4.59. The highest BCUT2D eigenvalue weighted by molar-refractivity contribution is 6.33. The molecule has 122 valence electrons. The van der Waals surface area contributed by atoms with Crippen molar-refractivity contribution in [2.45, 2.75) is 19.1 Å². The second-order valence-electron chi connectivity index (χ2n) is 4.79. The molecule has 2 rings (SSSR count). The Morgan fingerprint density at radius 1 is 1.22 bits per heavy atom. The molecule has 0 aliphatic carbocycles. The van der Waals surface area contributed by atoms with Gasteiger partial charge in [-0.25, -0.2) is 4.79 Å². The van der Waals surface area contributed by atoms with Crippen LogP contribution < -0.4 is 10.6 Å². The van der Waals surface area contributed by atoms with Gasteiger partial charge in [-0.2, -0.15) is 13.2 Å². The minimum atomic E-state index is -4.51. The van der Waals surface area contributed by atoms with Crippen LogP contribution in [0.25, 0.3) is 0 Å². The van der Waals surface area contributed by atoms with Gasteiger partial charge in [-0.05, 0) is 42.8 Å². The number of aromatic nitrogens is 1. The number of hydrogen-bond donors (Lipinski definition) is 2. The van der Waals surface area contributed by atoms with E-state index in [9.17, 15) is 18.0 Å². The quantitative estimate of drug-likeness (QED) is 0.853. The van der Waals surface area contributed by atoms with E-state index in [0.29, 0.717) is 0 Å². The Balaban J connectivity index is 2.08. The monoisotopic (exact) mass is 343 g/mol. The summed E-state index contributed by atoms with van der Waals surface area (Å²) >= 11 is 5.83. The molecule has 0 radical (unpaired) electrons. The van der Waals surface area contributed by atoms with E-state index in [-0.39, 0.29) is 16.8 Å². The maximum absolute atomic E-state index is 12.7. The normalized spacial score (nSPS) is 12.6. The Bertz CT molecular complexity index is 692. The number of amides is 2. The molecule has 2 aromatic rings. The minimum Gasteiger partial charge on any atom is -0.331 e. The lowest BCUT2D eigenvalue weighted by molar-refractivity contribution is -0.137. The number of hydrogen-bond acceptors (Lipinski definition) is 2. The van der Waals surface area contributed by atoms with Crippen molar-refractivity contribution in [3.63, 3.8) is 0 Å². The maximum Gasteiger partial charge on any atom is 0.416 e. The van der Waals surface area contributed by atoms with Crippen LogP contribution in [-0.2, 0) is 6.18 Å². The van der Waals surface area contributed by atoms with Gasteiger partial charge in [0.05, 0.1) is 22.3 Å². The first-order valence-electron chi connectivity index (χ1n) is 6.61. The predicted octanol–water partition coefficient (Wildman–Crippen LogP) is 4.64. The average Bonchev–Trinajstić information content (AvgIpc) is 2.49.